The van der Waals surface area contributed by atoms with Crippen molar-refractivity contribution in [2.45, 2.75) is 25.3 Å². The van der Waals surface area contributed by atoms with Crippen LogP contribution >= 0.6 is 0 Å². The van der Waals surface area contributed by atoms with Gasteiger partial charge in [0.15, 0.2) is 0 Å². The highest BCUT2D eigenvalue weighted by atomic mass is 19.4. The Kier molecular flexibility index (Phi) is 3.08. The highest BCUT2D eigenvalue weighted by Crippen LogP contribution is 2.24. The first-order chi connectivity index (χ1) is 4.39. The van der Waals surface area contributed by atoms with E-state index in [9.17, 15) is 17.6 Å². The van der Waals surface area contributed by atoms with Crippen LogP contribution in [-0.2, 0) is 0 Å². The lowest BCUT2D eigenvalue weighted by Gasteiger charge is -2.18. The lowest BCUT2D eigenvalue weighted by molar-refractivity contribution is -0.186. The quantitative estimate of drug-likeness (QED) is 0.602. The predicted molar refractivity (Wildman–Crippen MR) is 29.5 cm³/mol. The molecule has 5 heteroatoms. The van der Waals surface area contributed by atoms with Crippen LogP contribution in [0.4, 0.5) is 17.6 Å². The molecule has 0 rings (SSSR count). The van der Waals surface area contributed by atoms with Crippen LogP contribution in [0.2, 0.25) is 0 Å². The molecule has 0 saturated carbocycles. The molecule has 0 aliphatic rings. The molecule has 0 spiro atoms. The molecule has 10 heavy (non-hydrogen) atoms. The molecule has 0 heterocycles. The molecular weight excluding hydrogens is 150 g/mol. The van der Waals surface area contributed by atoms with Crippen LogP contribution in [0, 0.1) is 0 Å². The molecule has 0 aromatic carbocycles. The number of hydrogen-bond acceptors (Lipinski definition) is 1. The molecule has 62 valence electrons. The SMILES string of the molecule is CNC(C)C(F)C(F)(F)F. The molecule has 0 bridgehead atoms. The maximum absolute atomic E-state index is 12.1. The minimum absolute atomic E-state index is 1.14. The Hall–Kier alpha value is -0.320. The topological polar surface area (TPSA) is 12.0 Å². The summed E-state index contributed by atoms with van der Waals surface area (Å²) in [5.74, 6) is 0. The van der Waals surface area contributed by atoms with Gasteiger partial charge in [-0.1, -0.05) is 0 Å². The third kappa shape index (κ3) is 2.51. The van der Waals surface area contributed by atoms with Crippen LogP contribution in [0.1, 0.15) is 6.92 Å². The summed E-state index contributed by atoms with van der Waals surface area (Å²) in [7, 11) is 1.28. The van der Waals surface area contributed by atoms with Gasteiger partial charge in [0.1, 0.15) is 0 Å². The first kappa shape index (κ1) is 9.68. The second-order valence-electron chi connectivity index (χ2n) is 2.02. The molecular formula is C5H9F4N. The molecule has 0 aliphatic carbocycles. The van der Waals surface area contributed by atoms with Gasteiger partial charge in [-0.2, -0.15) is 13.2 Å². The molecule has 1 N–H and O–H groups in total. The largest absolute Gasteiger partial charge is 0.421 e. The smallest absolute Gasteiger partial charge is 0.314 e. The van der Waals surface area contributed by atoms with Gasteiger partial charge in [0.25, 0.3) is 0 Å². The Bertz CT molecular complexity index is 100. The fourth-order valence-corrected chi connectivity index (χ4v) is 0.430. The molecule has 0 fully saturated rings. The monoisotopic (exact) mass is 159 g/mol. The summed E-state index contributed by atoms with van der Waals surface area (Å²) in [5.41, 5.74) is 0. The Morgan fingerprint density at radius 2 is 1.70 bits per heavy atom. The summed E-state index contributed by atoms with van der Waals surface area (Å²) in [4.78, 5) is 0. The van der Waals surface area contributed by atoms with Gasteiger partial charge in [0, 0.05) is 6.04 Å². The van der Waals surface area contributed by atoms with Crippen molar-refractivity contribution in [2.24, 2.45) is 0 Å². The molecule has 0 amide bonds. The van der Waals surface area contributed by atoms with Gasteiger partial charge in [0.2, 0.25) is 6.17 Å². The van der Waals surface area contributed by atoms with E-state index >= 15 is 0 Å². The van der Waals surface area contributed by atoms with Gasteiger partial charge in [0.05, 0.1) is 0 Å². The molecule has 0 aromatic heterocycles. The molecule has 0 saturated heterocycles. The maximum Gasteiger partial charge on any atom is 0.421 e. The highest BCUT2D eigenvalue weighted by molar-refractivity contribution is 4.76. The Labute approximate surface area is 56.4 Å². The van der Waals surface area contributed by atoms with Crippen molar-refractivity contribution in [3.63, 3.8) is 0 Å². The van der Waals surface area contributed by atoms with Crippen LogP contribution in [0.5, 0.6) is 0 Å². The molecule has 0 aromatic rings. The first-order valence-electron chi connectivity index (χ1n) is 2.77. The number of halogens is 4. The average molecular weight is 159 g/mol. The van der Waals surface area contributed by atoms with Crippen LogP contribution < -0.4 is 5.32 Å². The summed E-state index contributed by atoms with van der Waals surface area (Å²) < 4.78 is 46.5. The van der Waals surface area contributed by atoms with E-state index in [1.165, 1.54) is 7.05 Å². The summed E-state index contributed by atoms with van der Waals surface area (Å²) >= 11 is 0. The van der Waals surface area contributed by atoms with Gasteiger partial charge in [-0.15, -0.1) is 0 Å². The van der Waals surface area contributed by atoms with Crippen molar-refractivity contribution >= 4 is 0 Å². The van der Waals surface area contributed by atoms with Crippen molar-refractivity contribution in [1.82, 2.24) is 5.32 Å². The van der Waals surface area contributed by atoms with E-state index in [4.69, 9.17) is 0 Å². The molecule has 0 aliphatic heterocycles. The minimum atomic E-state index is -4.75. The standard InChI is InChI=1S/C5H9F4N/c1-3(10-2)4(6)5(7,8)9/h3-4,10H,1-2H3. The van der Waals surface area contributed by atoms with Crippen molar-refractivity contribution in [3.05, 3.63) is 0 Å². The Morgan fingerprint density at radius 1 is 1.30 bits per heavy atom. The van der Waals surface area contributed by atoms with Crippen molar-refractivity contribution in [3.8, 4) is 0 Å². The van der Waals surface area contributed by atoms with Gasteiger partial charge < -0.3 is 5.32 Å². The van der Waals surface area contributed by atoms with E-state index in [0.717, 1.165) is 6.92 Å². The summed E-state index contributed by atoms with van der Waals surface area (Å²) in [5, 5.41) is 2.18. The first-order valence-corrected chi connectivity index (χ1v) is 2.77. The zero-order chi connectivity index (χ0) is 8.36. The van der Waals surface area contributed by atoms with E-state index in [-0.39, 0.29) is 0 Å². The zero-order valence-electron chi connectivity index (χ0n) is 5.67. The third-order valence-electron chi connectivity index (χ3n) is 1.21. The second kappa shape index (κ2) is 3.18. The van der Waals surface area contributed by atoms with E-state index < -0.39 is 18.4 Å². The van der Waals surface area contributed by atoms with Gasteiger partial charge in [-0.25, -0.2) is 4.39 Å². The van der Waals surface area contributed by atoms with Gasteiger partial charge in [-0.3, -0.25) is 0 Å². The van der Waals surface area contributed by atoms with E-state index in [2.05, 4.69) is 5.32 Å². The molecule has 2 unspecified atom stereocenters. The fraction of sp³-hybridized carbons (Fsp3) is 1.00. The normalized spacial score (nSPS) is 18.6. The summed E-state index contributed by atoms with van der Waals surface area (Å²) in [6.45, 7) is 1.14. The number of alkyl halides is 4. The van der Waals surface area contributed by atoms with Crippen molar-refractivity contribution < 1.29 is 17.6 Å². The number of rotatable bonds is 2. The second-order valence-corrected chi connectivity index (χ2v) is 2.02. The highest BCUT2D eigenvalue weighted by Gasteiger charge is 2.43. The molecule has 2 atom stereocenters. The molecule has 1 nitrogen and oxygen atoms in total. The van der Waals surface area contributed by atoms with E-state index in [1.807, 2.05) is 0 Å². The van der Waals surface area contributed by atoms with Gasteiger partial charge >= 0.3 is 6.18 Å². The van der Waals surface area contributed by atoms with Crippen molar-refractivity contribution in [1.29, 1.82) is 0 Å². The van der Waals surface area contributed by atoms with E-state index in [1.54, 1.807) is 0 Å². The predicted octanol–water partition coefficient (Wildman–Crippen LogP) is 1.49. The van der Waals surface area contributed by atoms with E-state index in [0.29, 0.717) is 0 Å². The van der Waals surface area contributed by atoms with Crippen LogP contribution in [0.15, 0.2) is 0 Å². The molecule has 0 radical (unpaired) electrons. The van der Waals surface area contributed by atoms with Crippen LogP contribution in [-0.4, -0.2) is 25.4 Å². The summed E-state index contributed by atoms with van der Waals surface area (Å²) in [6.07, 6.45) is -7.53. The van der Waals surface area contributed by atoms with Crippen LogP contribution in [0.3, 0.4) is 0 Å². The van der Waals surface area contributed by atoms with Crippen molar-refractivity contribution in [2.75, 3.05) is 7.05 Å². The minimum Gasteiger partial charge on any atom is -0.314 e. The third-order valence-corrected chi connectivity index (χ3v) is 1.21. The summed E-state index contributed by atoms with van der Waals surface area (Å²) in [6, 6.07) is -1.18. The van der Waals surface area contributed by atoms with Crippen LogP contribution in [0.25, 0.3) is 0 Å². The van der Waals surface area contributed by atoms with Gasteiger partial charge in [-0.05, 0) is 14.0 Å². The lowest BCUT2D eigenvalue weighted by atomic mass is 10.2. The average Bonchev–Trinajstić information content (AvgIpc) is 1.83. The Balaban J connectivity index is 3.94. The Morgan fingerprint density at radius 3 is 1.80 bits per heavy atom. The number of hydrogen-bond donors (Lipinski definition) is 1. The zero-order valence-corrected chi connectivity index (χ0v) is 5.67. The lowest BCUT2D eigenvalue weighted by Crippen LogP contribution is -2.41. The number of nitrogens with one attached hydrogen (secondary N) is 1. The fourth-order valence-electron chi connectivity index (χ4n) is 0.430. The maximum atomic E-state index is 12.1.